The predicted octanol–water partition coefficient (Wildman–Crippen LogP) is 5.60. The molecule has 0 aliphatic carbocycles. The second kappa shape index (κ2) is 8.36. The minimum Gasteiger partial charge on any atom is -0.480 e. The van der Waals surface area contributed by atoms with Crippen LogP contribution in [-0.4, -0.2) is 28.6 Å². The number of carboxylic acid groups (broad SMARTS) is 1. The third-order valence-electron chi connectivity index (χ3n) is 5.28. The molecule has 0 spiro atoms. The number of hydrogen-bond acceptors (Lipinski definition) is 2. The van der Waals surface area contributed by atoms with Crippen LogP contribution in [0.15, 0.2) is 53.0 Å². The van der Waals surface area contributed by atoms with Crippen LogP contribution in [0.4, 0.5) is 0 Å². The lowest BCUT2D eigenvalue weighted by atomic mass is 9.90. The Hall–Kier alpha value is -1.65. The molecule has 26 heavy (non-hydrogen) atoms. The summed E-state index contributed by atoms with van der Waals surface area (Å²) in [6.45, 7) is 5.17. The highest BCUT2D eigenvalue weighted by atomic mass is 79.9. The van der Waals surface area contributed by atoms with Crippen molar-refractivity contribution in [2.45, 2.75) is 51.1 Å². The fraction of sp³-hybridized carbons (Fsp3) is 0.409. The number of carboxylic acids is 1. The number of piperidine rings is 1. The topological polar surface area (TPSA) is 40.5 Å². The van der Waals surface area contributed by atoms with Crippen LogP contribution in [0, 0.1) is 0 Å². The number of carbonyl (C=O) groups is 1. The number of rotatable bonds is 5. The van der Waals surface area contributed by atoms with Crippen molar-refractivity contribution in [2.24, 2.45) is 0 Å². The minimum absolute atomic E-state index is 0.0619. The second-order valence-electron chi connectivity index (χ2n) is 7.33. The molecule has 4 heteroatoms. The highest BCUT2D eigenvalue weighted by molar-refractivity contribution is 9.10. The molecule has 2 atom stereocenters. The molecule has 2 aromatic carbocycles. The lowest BCUT2D eigenvalue weighted by Crippen LogP contribution is -2.46. The average Bonchev–Trinajstić information content (AvgIpc) is 2.64. The Kier molecular flexibility index (Phi) is 6.15. The van der Waals surface area contributed by atoms with Gasteiger partial charge in [0.15, 0.2) is 0 Å². The summed E-state index contributed by atoms with van der Waals surface area (Å²) >= 11 is 3.68. The lowest BCUT2D eigenvalue weighted by molar-refractivity contribution is -0.145. The highest BCUT2D eigenvalue weighted by Crippen LogP contribution is 2.37. The van der Waals surface area contributed by atoms with E-state index in [0.29, 0.717) is 12.3 Å². The van der Waals surface area contributed by atoms with Crippen molar-refractivity contribution < 1.29 is 9.90 Å². The molecule has 138 valence electrons. The molecule has 1 aliphatic rings. The van der Waals surface area contributed by atoms with E-state index in [1.165, 1.54) is 5.56 Å². The molecular formula is C22H26BrNO2. The molecule has 0 bridgehead atoms. The van der Waals surface area contributed by atoms with E-state index in [4.69, 9.17) is 0 Å². The zero-order valence-electron chi connectivity index (χ0n) is 15.4. The summed E-state index contributed by atoms with van der Waals surface area (Å²) in [6.07, 6.45) is 2.72. The van der Waals surface area contributed by atoms with Gasteiger partial charge in [-0.2, -0.15) is 0 Å². The van der Waals surface area contributed by atoms with Crippen molar-refractivity contribution in [3.05, 3.63) is 69.7 Å². The van der Waals surface area contributed by atoms with E-state index in [2.05, 4.69) is 65.0 Å². The first-order valence-electron chi connectivity index (χ1n) is 9.32. The number of aliphatic carboxylic acids is 1. The molecule has 1 fully saturated rings. The van der Waals surface area contributed by atoms with Crippen LogP contribution in [0.5, 0.6) is 0 Å². The average molecular weight is 416 g/mol. The fourth-order valence-electron chi connectivity index (χ4n) is 3.84. The summed E-state index contributed by atoms with van der Waals surface area (Å²) < 4.78 is 1.02. The number of likely N-dealkylation sites (tertiary alicyclic amines) is 1. The number of nitrogens with zero attached hydrogens (tertiary/aromatic N) is 1. The van der Waals surface area contributed by atoms with Crippen molar-refractivity contribution in [3.8, 4) is 0 Å². The Bertz CT molecular complexity index is 757. The zero-order chi connectivity index (χ0) is 18.7. The molecule has 0 saturated carbocycles. The number of halogens is 1. The molecule has 1 saturated heterocycles. The first kappa shape index (κ1) is 19.1. The van der Waals surface area contributed by atoms with Gasteiger partial charge in [-0.05, 0) is 48.1 Å². The van der Waals surface area contributed by atoms with Gasteiger partial charge in [-0.15, -0.1) is 0 Å². The van der Waals surface area contributed by atoms with Gasteiger partial charge in [-0.25, -0.2) is 0 Å². The van der Waals surface area contributed by atoms with Crippen LogP contribution < -0.4 is 0 Å². The van der Waals surface area contributed by atoms with Gasteiger partial charge in [0.25, 0.3) is 0 Å². The predicted molar refractivity (Wildman–Crippen MR) is 108 cm³/mol. The van der Waals surface area contributed by atoms with Gasteiger partial charge in [0.1, 0.15) is 6.04 Å². The molecule has 1 N–H and O–H groups in total. The van der Waals surface area contributed by atoms with Crippen molar-refractivity contribution >= 4 is 21.9 Å². The Labute approximate surface area is 164 Å². The van der Waals surface area contributed by atoms with Gasteiger partial charge in [0.05, 0.1) is 6.04 Å². The van der Waals surface area contributed by atoms with E-state index in [9.17, 15) is 9.90 Å². The fourth-order valence-corrected chi connectivity index (χ4v) is 4.34. The second-order valence-corrected chi connectivity index (χ2v) is 8.19. The standard InChI is InChI=1S/C22H26BrNO2/c1-15(2)16-10-12-17(13-11-16)21(18-7-3-4-8-19(18)23)24-14-6-5-9-20(24)22(25)26/h3-4,7-8,10-13,15,20-21H,5-6,9,14H2,1-2H3,(H,25,26). The van der Waals surface area contributed by atoms with E-state index >= 15 is 0 Å². The molecular weight excluding hydrogens is 390 g/mol. The van der Waals surface area contributed by atoms with E-state index in [0.717, 1.165) is 35.0 Å². The summed E-state index contributed by atoms with van der Waals surface area (Å²) in [4.78, 5) is 14.1. The molecule has 3 nitrogen and oxygen atoms in total. The Morgan fingerprint density at radius 2 is 1.73 bits per heavy atom. The van der Waals surface area contributed by atoms with Crippen LogP contribution in [0.3, 0.4) is 0 Å². The van der Waals surface area contributed by atoms with Crippen LogP contribution in [0.1, 0.15) is 61.8 Å². The maximum atomic E-state index is 11.9. The minimum atomic E-state index is -0.722. The third-order valence-corrected chi connectivity index (χ3v) is 6.00. The van der Waals surface area contributed by atoms with Gasteiger partial charge in [-0.3, -0.25) is 9.69 Å². The van der Waals surface area contributed by atoms with Gasteiger partial charge in [-0.1, -0.05) is 78.7 Å². The van der Waals surface area contributed by atoms with Crippen LogP contribution in [0.25, 0.3) is 0 Å². The maximum Gasteiger partial charge on any atom is 0.320 e. The Balaban J connectivity index is 2.07. The summed E-state index contributed by atoms with van der Waals surface area (Å²) in [5.74, 6) is -0.242. The summed E-state index contributed by atoms with van der Waals surface area (Å²) in [5, 5.41) is 9.78. The van der Waals surface area contributed by atoms with Crippen molar-refractivity contribution in [1.82, 2.24) is 4.90 Å². The quantitative estimate of drug-likeness (QED) is 0.690. The monoisotopic (exact) mass is 415 g/mol. The Morgan fingerprint density at radius 1 is 1.08 bits per heavy atom. The van der Waals surface area contributed by atoms with Crippen LogP contribution >= 0.6 is 15.9 Å². The first-order valence-corrected chi connectivity index (χ1v) is 10.1. The number of hydrogen-bond donors (Lipinski definition) is 1. The third kappa shape index (κ3) is 4.02. The molecule has 2 unspecified atom stereocenters. The van der Waals surface area contributed by atoms with Crippen molar-refractivity contribution in [3.63, 3.8) is 0 Å². The molecule has 3 rings (SSSR count). The van der Waals surface area contributed by atoms with E-state index in [1.807, 2.05) is 18.2 Å². The van der Waals surface area contributed by atoms with Crippen molar-refractivity contribution in [1.29, 1.82) is 0 Å². The molecule has 0 amide bonds. The SMILES string of the molecule is CC(C)c1ccc(C(c2ccccc2Br)N2CCCCC2C(=O)O)cc1. The molecule has 0 aromatic heterocycles. The Morgan fingerprint density at radius 3 is 2.35 bits per heavy atom. The zero-order valence-corrected chi connectivity index (χ0v) is 16.9. The molecule has 1 heterocycles. The van der Waals surface area contributed by atoms with Gasteiger partial charge >= 0.3 is 5.97 Å². The number of benzene rings is 2. The summed E-state index contributed by atoms with van der Waals surface area (Å²) in [5.41, 5.74) is 3.57. The van der Waals surface area contributed by atoms with Gasteiger partial charge < -0.3 is 5.11 Å². The van der Waals surface area contributed by atoms with Gasteiger partial charge in [0.2, 0.25) is 0 Å². The normalized spacial score (nSPS) is 19.5. The van der Waals surface area contributed by atoms with E-state index in [1.54, 1.807) is 0 Å². The smallest absolute Gasteiger partial charge is 0.320 e. The largest absolute Gasteiger partial charge is 0.480 e. The lowest BCUT2D eigenvalue weighted by Gasteiger charge is -2.40. The molecule has 2 aromatic rings. The van der Waals surface area contributed by atoms with Crippen LogP contribution in [-0.2, 0) is 4.79 Å². The highest BCUT2D eigenvalue weighted by Gasteiger charge is 2.35. The maximum absolute atomic E-state index is 11.9. The molecule has 1 aliphatic heterocycles. The first-order chi connectivity index (χ1) is 12.5. The van der Waals surface area contributed by atoms with Crippen LogP contribution in [0.2, 0.25) is 0 Å². The van der Waals surface area contributed by atoms with E-state index in [-0.39, 0.29) is 6.04 Å². The summed E-state index contributed by atoms with van der Waals surface area (Å²) in [7, 11) is 0. The van der Waals surface area contributed by atoms with Crippen molar-refractivity contribution in [2.75, 3.05) is 6.54 Å². The van der Waals surface area contributed by atoms with Gasteiger partial charge in [0, 0.05) is 4.47 Å². The molecule has 0 radical (unpaired) electrons. The van der Waals surface area contributed by atoms with E-state index < -0.39 is 12.0 Å². The summed E-state index contributed by atoms with van der Waals surface area (Å²) in [6, 6.07) is 16.3.